The van der Waals surface area contributed by atoms with Gasteiger partial charge in [-0.05, 0) is 50.3 Å². The number of aromatic nitrogens is 3. The van der Waals surface area contributed by atoms with Crippen molar-refractivity contribution in [1.29, 1.82) is 0 Å². The maximum atomic E-state index is 13.1. The Morgan fingerprint density at radius 2 is 2.25 bits per heavy atom. The lowest BCUT2D eigenvalue weighted by atomic mass is 10.1. The van der Waals surface area contributed by atoms with Gasteiger partial charge in [0.1, 0.15) is 12.4 Å². The molecule has 2 aromatic heterocycles. The Bertz CT molecular complexity index is 1040. The number of nitrogens with one attached hydrogen (secondary N) is 1. The van der Waals surface area contributed by atoms with Crippen molar-refractivity contribution in [2.45, 2.75) is 45.0 Å². The van der Waals surface area contributed by atoms with E-state index in [1.54, 1.807) is 0 Å². The van der Waals surface area contributed by atoms with Crippen LogP contribution in [0.2, 0.25) is 0 Å². The number of amides is 1. The van der Waals surface area contributed by atoms with Gasteiger partial charge in [0.2, 0.25) is 5.91 Å². The molecule has 146 valence electrons. The Hall–Kier alpha value is -2.32. The first-order valence-electron chi connectivity index (χ1n) is 9.62. The molecule has 0 spiro atoms. The normalized spacial score (nSPS) is 24.4. The molecule has 2 aliphatic rings. The highest BCUT2D eigenvalue weighted by Crippen LogP contribution is 2.36. The second kappa shape index (κ2) is 6.93. The third-order valence-corrected chi connectivity index (χ3v) is 6.24. The van der Waals surface area contributed by atoms with E-state index in [0.29, 0.717) is 11.6 Å². The van der Waals surface area contributed by atoms with Crippen LogP contribution in [0.4, 0.5) is 9.52 Å². The van der Waals surface area contributed by atoms with E-state index >= 15 is 0 Å². The number of ether oxygens (including phenoxy) is 1. The number of thiazole rings is 1. The number of anilines is 1. The molecule has 2 fully saturated rings. The molecule has 3 heterocycles. The number of halogens is 1. The Morgan fingerprint density at radius 3 is 3.00 bits per heavy atom. The van der Waals surface area contributed by atoms with Crippen molar-refractivity contribution >= 4 is 32.6 Å². The van der Waals surface area contributed by atoms with Crippen LogP contribution in [0.3, 0.4) is 0 Å². The van der Waals surface area contributed by atoms with Crippen LogP contribution in [0.15, 0.2) is 24.4 Å². The summed E-state index contributed by atoms with van der Waals surface area (Å²) in [6.07, 6.45) is 4.61. The molecule has 3 aromatic rings. The first-order chi connectivity index (χ1) is 13.6. The van der Waals surface area contributed by atoms with Crippen molar-refractivity contribution in [1.82, 2.24) is 14.8 Å². The Balaban J connectivity index is 1.40. The lowest BCUT2D eigenvalue weighted by Crippen LogP contribution is -2.18. The van der Waals surface area contributed by atoms with Gasteiger partial charge >= 0.3 is 0 Å². The zero-order valence-electron chi connectivity index (χ0n) is 15.5. The van der Waals surface area contributed by atoms with Crippen molar-refractivity contribution in [3.8, 4) is 11.3 Å². The molecule has 1 N–H and O–H groups in total. The molecule has 1 aliphatic carbocycles. The number of hydrogen-bond acceptors (Lipinski definition) is 5. The van der Waals surface area contributed by atoms with Crippen LogP contribution in [0, 0.1) is 12.8 Å². The van der Waals surface area contributed by atoms with Gasteiger partial charge < -0.3 is 10.1 Å². The first-order valence-corrected chi connectivity index (χ1v) is 10.4. The molecule has 1 amide bonds. The average Bonchev–Trinajstić information content (AvgIpc) is 3.11. The number of hydrogen-bond donors (Lipinski definition) is 1. The number of carbonyl (C=O) groups excluding carboxylic acids is 1. The summed E-state index contributed by atoms with van der Waals surface area (Å²) >= 11 is 1.40. The molecule has 1 aromatic carbocycles. The molecule has 3 unspecified atom stereocenters. The zero-order chi connectivity index (χ0) is 19.3. The SMILES string of the molecule is Cc1cn(C2CCCCO2)nc1-c1ccc2nc(NC(=O)C3CC3F)sc2c1. The highest BCUT2D eigenvalue weighted by molar-refractivity contribution is 7.22. The van der Waals surface area contributed by atoms with Crippen LogP contribution in [-0.2, 0) is 9.53 Å². The highest BCUT2D eigenvalue weighted by Gasteiger charge is 2.43. The monoisotopic (exact) mass is 400 g/mol. The molecule has 5 rings (SSSR count). The summed E-state index contributed by atoms with van der Waals surface area (Å²) in [5.41, 5.74) is 3.83. The van der Waals surface area contributed by atoms with Gasteiger partial charge in [0.15, 0.2) is 5.13 Å². The molecule has 1 aliphatic heterocycles. The molecule has 0 radical (unpaired) electrons. The average molecular weight is 400 g/mol. The van der Waals surface area contributed by atoms with Crippen LogP contribution in [0.1, 0.15) is 37.5 Å². The molecule has 1 saturated heterocycles. The van der Waals surface area contributed by atoms with Crippen LogP contribution in [0.5, 0.6) is 0 Å². The summed E-state index contributed by atoms with van der Waals surface area (Å²) < 4.78 is 21.8. The predicted molar refractivity (Wildman–Crippen MR) is 106 cm³/mol. The van der Waals surface area contributed by atoms with Crippen LogP contribution < -0.4 is 5.32 Å². The van der Waals surface area contributed by atoms with Crippen molar-refractivity contribution in [3.63, 3.8) is 0 Å². The molecule has 8 heteroatoms. The van der Waals surface area contributed by atoms with E-state index in [0.717, 1.165) is 52.9 Å². The van der Waals surface area contributed by atoms with E-state index in [-0.39, 0.29) is 12.1 Å². The number of nitrogens with zero attached hydrogens (tertiary/aromatic N) is 3. The summed E-state index contributed by atoms with van der Waals surface area (Å²) in [4.78, 5) is 16.4. The van der Waals surface area contributed by atoms with Gasteiger partial charge in [0.05, 0.1) is 21.8 Å². The van der Waals surface area contributed by atoms with E-state index in [2.05, 4.69) is 10.3 Å². The van der Waals surface area contributed by atoms with E-state index in [1.807, 2.05) is 36.0 Å². The fourth-order valence-electron chi connectivity index (χ4n) is 3.61. The zero-order valence-corrected chi connectivity index (χ0v) is 16.3. The summed E-state index contributed by atoms with van der Waals surface area (Å²) in [7, 11) is 0. The van der Waals surface area contributed by atoms with Crippen molar-refractivity contribution < 1.29 is 13.9 Å². The smallest absolute Gasteiger partial charge is 0.232 e. The minimum atomic E-state index is -1.01. The van der Waals surface area contributed by atoms with Crippen LogP contribution in [0.25, 0.3) is 21.5 Å². The van der Waals surface area contributed by atoms with Gasteiger partial charge in [0, 0.05) is 18.4 Å². The predicted octanol–water partition coefficient (Wildman–Crippen LogP) is 4.46. The molecule has 1 saturated carbocycles. The van der Waals surface area contributed by atoms with Gasteiger partial charge in [-0.25, -0.2) is 14.1 Å². The van der Waals surface area contributed by atoms with Gasteiger partial charge in [0.25, 0.3) is 0 Å². The number of fused-ring (bicyclic) bond motifs is 1. The minimum absolute atomic E-state index is 0.0110. The maximum absolute atomic E-state index is 13.1. The number of aryl methyl sites for hydroxylation is 1. The summed E-state index contributed by atoms with van der Waals surface area (Å²) in [6.45, 7) is 2.83. The minimum Gasteiger partial charge on any atom is -0.357 e. The standard InChI is InChI=1S/C20H21FN4O2S/c1-11-10-25(17-4-2-3-7-27-17)24-18(11)12-5-6-15-16(8-12)28-20(22-15)23-19(26)13-9-14(13)21/h5-6,8,10,13-14,17H,2-4,7,9H2,1H3,(H,22,23,26). The lowest BCUT2D eigenvalue weighted by Gasteiger charge is -2.22. The molecule has 28 heavy (non-hydrogen) atoms. The number of rotatable bonds is 4. The second-order valence-electron chi connectivity index (χ2n) is 7.51. The van der Waals surface area contributed by atoms with Gasteiger partial charge in [-0.3, -0.25) is 4.79 Å². The number of carbonyl (C=O) groups is 1. The Kier molecular flexibility index (Phi) is 4.40. The third-order valence-electron chi connectivity index (χ3n) is 5.31. The fourth-order valence-corrected chi connectivity index (χ4v) is 4.51. The largest absolute Gasteiger partial charge is 0.357 e. The van der Waals surface area contributed by atoms with Crippen molar-refractivity contribution in [2.24, 2.45) is 5.92 Å². The second-order valence-corrected chi connectivity index (χ2v) is 8.54. The van der Waals surface area contributed by atoms with Gasteiger partial charge in [-0.1, -0.05) is 17.4 Å². The Morgan fingerprint density at radius 1 is 1.39 bits per heavy atom. The maximum Gasteiger partial charge on any atom is 0.232 e. The quantitative estimate of drug-likeness (QED) is 0.702. The molecule has 6 nitrogen and oxygen atoms in total. The molecular formula is C20H21FN4O2S. The summed E-state index contributed by atoms with van der Waals surface area (Å²) in [6, 6.07) is 5.97. The van der Waals surface area contributed by atoms with Gasteiger partial charge in [-0.15, -0.1) is 0 Å². The molecular weight excluding hydrogens is 379 g/mol. The van der Waals surface area contributed by atoms with Crippen LogP contribution >= 0.6 is 11.3 Å². The lowest BCUT2D eigenvalue weighted by molar-refractivity contribution is -0.117. The number of benzene rings is 1. The fraction of sp³-hybridized carbons (Fsp3) is 0.450. The van der Waals surface area contributed by atoms with Crippen LogP contribution in [-0.4, -0.2) is 33.5 Å². The van der Waals surface area contributed by atoms with E-state index in [9.17, 15) is 9.18 Å². The Labute approximate surface area is 165 Å². The molecule has 3 atom stereocenters. The topological polar surface area (TPSA) is 69.0 Å². The molecule has 0 bridgehead atoms. The van der Waals surface area contributed by atoms with Gasteiger partial charge in [-0.2, -0.15) is 5.10 Å². The van der Waals surface area contributed by atoms with Crippen molar-refractivity contribution in [3.05, 3.63) is 30.0 Å². The third kappa shape index (κ3) is 3.31. The first kappa shape index (κ1) is 17.8. The number of alkyl halides is 1. The van der Waals surface area contributed by atoms with Crippen molar-refractivity contribution in [2.75, 3.05) is 11.9 Å². The van der Waals surface area contributed by atoms with E-state index in [4.69, 9.17) is 9.84 Å². The summed E-state index contributed by atoms with van der Waals surface area (Å²) in [5, 5.41) is 8.01. The highest BCUT2D eigenvalue weighted by atomic mass is 32.1. The van der Waals surface area contributed by atoms with E-state index < -0.39 is 12.1 Å². The van der Waals surface area contributed by atoms with E-state index in [1.165, 1.54) is 11.3 Å². The summed E-state index contributed by atoms with van der Waals surface area (Å²) in [5.74, 6) is -0.801.